The molecule has 2 aromatic rings. The fourth-order valence-corrected chi connectivity index (χ4v) is 3.68. The highest BCUT2D eigenvalue weighted by atomic mass is 16.2. The normalized spacial score (nSPS) is 18.0. The first-order chi connectivity index (χ1) is 13.1. The second kappa shape index (κ2) is 7.48. The second-order valence-electron chi connectivity index (χ2n) is 7.35. The van der Waals surface area contributed by atoms with Gasteiger partial charge in [0.05, 0.1) is 6.54 Å². The third kappa shape index (κ3) is 4.01. The molecule has 0 bridgehead atoms. The zero-order chi connectivity index (χ0) is 18.8. The van der Waals surface area contributed by atoms with E-state index in [1.807, 2.05) is 11.9 Å². The van der Waals surface area contributed by atoms with Crippen molar-refractivity contribution in [3.63, 3.8) is 0 Å². The molecule has 0 saturated carbocycles. The molecule has 0 atom stereocenters. The molecule has 4 rings (SSSR count). The van der Waals surface area contributed by atoms with Crippen LogP contribution in [0.15, 0.2) is 48.8 Å². The maximum atomic E-state index is 12.5. The van der Waals surface area contributed by atoms with Crippen molar-refractivity contribution in [1.82, 2.24) is 24.6 Å². The summed E-state index contributed by atoms with van der Waals surface area (Å²) in [6.07, 6.45) is 5.79. The van der Waals surface area contributed by atoms with E-state index in [-0.39, 0.29) is 5.91 Å². The molecule has 0 aliphatic carbocycles. The predicted octanol–water partition coefficient (Wildman–Crippen LogP) is 2.36. The number of carbonyl (C=O) groups excluding carboxylic acids is 1. The molecule has 1 saturated heterocycles. The summed E-state index contributed by atoms with van der Waals surface area (Å²) in [5, 5.41) is 4.34. The van der Waals surface area contributed by atoms with Crippen molar-refractivity contribution < 1.29 is 4.79 Å². The number of rotatable bonds is 4. The Bertz CT molecular complexity index is 880. The molecule has 0 N–H and O–H groups in total. The highest BCUT2D eigenvalue weighted by Gasteiger charge is 2.23. The summed E-state index contributed by atoms with van der Waals surface area (Å²) in [4.78, 5) is 20.9. The summed E-state index contributed by atoms with van der Waals surface area (Å²) in [5.74, 6) is 0.958. The summed E-state index contributed by atoms with van der Waals surface area (Å²) in [7, 11) is 1.87. The highest BCUT2D eigenvalue weighted by molar-refractivity contribution is 5.80. The molecule has 0 spiro atoms. The minimum absolute atomic E-state index is 0.219. The fourth-order valence-electron chi connectivity index (χ4n) is 3.68. The van der Waals surface area contributed by atoms with Crippen molar-refractivity contribution in [3.05, 3.63) is 54.4 Å². The van der Waals surface area contributed by atoms with Crippen molar-refractivity contribution in [3.8, 4) is 11.4 Å². The van der Waals surface area contributed by atoms with Gasteiger partial charge in [-0.1, -0.05) is 42.5 Å². The molecule has 1 aromatic carbocycles. The number of hydrogen-bond acceptors (Lipinski definition) is 4. The van der Waals surface area contributed by atoms with Crippen LogP contribution in [0.2, 0.25) is 0 Å². The smallest absolute Gasteiger partial charge is 0.237 e. The highest BCUT2D eigenvalue weighted by Crippen LogP contribution is 2.25. The van der Waals surface area contributed by atoms with Crippen LogP contribution >= 0.6 is 0 Å². The standard InChI is InChI=1S/C21H25N5O/c1-16-7-10-25(13-16)14-20(27)26-11-8-18(9-12-26)17-3-5-19(6-4-17)21-22-15-24(2)23-21/h3-6,8,15H,1,7,9-14H2,2H3. The number of hydrogen-bond donors (Lipinski definition) is 0. The monoisotopic (exact) mass is 363 g/mol. The van der Waals surface area contributed by atoms with Crippen LogP contribution in [0.5, 0.6) is 0 Å². The van der Waals surface area contributed by atoms with Gasteiger partial charge in [0.1, 0.15) is 6.33 Å². The lowest BCUT2D eigenvalue weighted by molar-refractivity contribution is -0.131. The van der Waals surface area contributed by atoms with Crippen LogP contribution in [0.3, 0.4) is 0 Å². The van der Waals surface area contributed by atoms with Crippen LogP contribution in [0, 0.1) is 0 Å². The minimum atomic E-state index is 0.219. The van der Waals surface area contributed by atoms with Crippen LogP contribution in [-0.4, -0.2) is 63.2 Å². The molecular formula is C21H25N5O. The lowest BCUT2D eigenvalue weighted by Gasteiger charge is -2.28. The fraction of sp³-hybridized carbons (Fsp3) is 0.381. The van der Waals surface area contributed by atoms with E-state index in [2.05, 4.69) is 51.9 Å². The zero-order valence-electron chi connectivity index (χ0n) is 15.8. The number of nitrogens with zero attached hydrogens (tertiary/aromatic N) is 5. The Balaban J connectivity index is 1.37. The largest absolute Gasteiger partial charge is 0.338 e. The Morgan fingerprint density at radius 1 is 1.15 bits per heavy atom. The second-order valence-corrected chi connectivity index (χ2v) is 7.35. The van der Waals surface area contributed by atoms with E-state index in [4.69, 9.17) is 0 Å². The first kappa shape index (κ1) is 17.7. The summed E-state index contributed by atoms with van der Waals surface area (Å²) >= 11 is 0. The summed E-state index contributed by atoms with van der Waals surface area (Å²) in [6.45, 7) is 7.80. The Labute approximate surface area is 159 Å². The average Bonchev–Trinajstić information content (AvgIpc) is 3.30. The predicted molar refractivity (Wildman–Crippen MR) is 106 cm³/mol. The summed E-state index contributed by atoms with van der Waals surface area (Å²) < 4.78 is 1.70. The molecule has 2 aliphatic rings. The van der Waals surface area contributed by atoms with E-state index in [0.29, 0.717) is 13.1 Å². The number of amides is 1. The molecule has 1 aromatic heterocycles. The molecule has 6 heteroatoms. The maximum Gasteiger partial charge on any atom is 0.237 e. The van der Waals surface area contributed by atoms with Gasteiger partial charge in [0.2, 0.25) is 5.91 Å². The van der Waals surface area contributed by atoms with Gasteiger partial charge >= 0.3 is 0 Å². The first-order valence-corrected chi connectivity index (χ1v) is 9.41. The topological polar surface area (TPSA) is 54.3 Å². The number of aromatic nitrogens is 3. The summed E-state index contributed by atoms with van der Waals surface area (Å²) in [5.41, 5.74) is 4.75. The van der Waals surface area contributed by atoms with Gasteiger partial charge in [0.15, 0.2) is 5.82 Å². The van der Waals surface area contributed by atoms with E-state index in [0.717, 1.165) is 43.9 Å². The molecule has 1 amide bonds. The van der Waals surface area contributed by atoms with E-state index in [1.54, 1.807) is 11.0 Å². The Kier molecular flexibility index (Phi) is 4.90. The van der Waals surface area contributed by atoms with Crippen molar-refractivity contribution in [2.75, 3.05) is 32.7 Å². The number of carbonyl (C=O) groups is 1. The van der Waals surface area contributed by atoms with Gasteiger partial charge in [0.25, 0.3) is 0 Å². The molecular weight excluding hydrogens is 338 g/mol. The third-order valence-corrected chi connectivity index (χ3v) is 5.26. The van der Waals surface area contributed by atoms with E-state index >= 15 is 0 Å². The van der Waals surface area contributed by atoms with Gasteiger partial charge in [-0.2, -0.15) is 5.10 Å². The molecule has 2 aliphatic heterocycles. The first-order valence-electron chi connectivity index (χ1n) is 9.41. The minimum Gasteiger partial charge on any atom is -0.338 e. The zero-order valence-corrected chi connectivity index (χ0v) is 15.8. The molecule has 140 valence electrons. The summed E-state index contributed by atoms with van der Waals surface area (Å²) in [6, 6.07) is 8.35. The molecule has 3 heterocycles. The SMILES string of the molecule is C=C1CCN(CC(=O)N2CC=C(c3ccc(-c4ncn(C)n4)cc3)CC2)C1. The van der Waals surface area contributed by atoms with Gasteiger partial charge in [-0.25, -0.2) is 4.98 Å². The molecule has 0 radical (unpaired) electrons. The van der Waals surface area contributed by atoms with Crippen molar-refractivity contribution >= 4 is 11.5 Å². The van der Waals surface area contributed by atoms with Crippen molar-refractivity contribution in [2.24, 2.45) is 7.05 Å². The van der Waals surface area contributed by atoms with Gasteiger partial charge in [-0.3, -0.25) is 14.4 Å². The van der Waals surface area contributed by atoms with Gasteiger partial charge in [-0.15, -0.1) is 0 Å². The van der Waals surface area contributed by atoms with E-state index in [1.165, 1.54) is 16.7 Å². The van der Waals surface area contributed by atoms with Crippen LogP contribution in [0.25, 0.3) is 17.0 Å². The van der Waals surface area contributed by atoms with Crippen molar-refractivity contribution in [1.29, 1.82) is 0 Å². The molecule has 6 nitrogen and oxygen atoms in total. The van der Waals surface area contributed by atoms with Crippen LogP contribution in [-0.2, 0) is 11.8 Å². The van der Waals surface area contributed by atoms with E-state index < -0.39 is 0 Å². The van der Waals surface area contributed by atoms with Crippen LogP contribution in [0.1, 0.15) is 18.4 Å². The van der Waals surface area contributed by atoms with Crippen molar-refractivity contribution in [2.45, 2.75) is 12.8 Å². The van der Waals surface area contributed by atoms with Crippen LogP contribution in [0.4, 0.5) is 0 Å². The number of likely N-dealkylation sites (tertiary alicyclic amines) is 1. The molecule has 0 unspecified atom stereocenters. The van der Waals surface area contributed by atoms with E-state index in [9.17, 15) is 4.79 Å². The Morgan fingerprint density at radius 2 is 1.93 bits per heavy atom. The average molecular weight is 363 g/mol. The Morgan fingerprint density at radius 3 is 2.52 bits per heavy atom. The van der Waals surface area contributed by atoms with Gasteiger partial charge in [-0.05, 0) is 24.0 Å². The number of aryl methyl sites for hydroxylation is 1. The van der Waals surface area contributed by atoms with Gasteiger partial charge in [0, 0.05) is 38.8 Å². The third-order valence-electron chi connectivity index (χ3n) is 5.26. The van der Waals surface area contributed by atoms with Gasteiger partial charge < -0.3 is 4.90 Å². The quantitative estimate of drug-likeness (QED) is 0.783. The molecule has 27 heavy (non-hydrogen) atoms. The maximum absolute atomic E-state index is 12.5. The number of benzene rings is 1. The Hall–Kier alpha value is -2.73. The lowest BCUT2D eigenvalue weighted by atomic mass is 9.98. The van der Waals surface area contributed by atoms with Crippen LogP contribution < -0.4 is 0 Å². The molecule has 1 fully saturated rings. The lowest BCUT2D eigenvalue weighted by Crippen LogP contribution is -2.41.